The molecule has 1 heterocycles. The van der Waals surface area contributed by atoms with E-state index in [1.807, 2.05) is 13.8 Å². The van der Waals surface area contributed by atoms with Gasteiger partial charge in [0.1, 0.15) is 17.3 Å². The standard InChI is InChI=1S/C11H19BrN2O4S/c1-3-14(4-2)6-5-13-19(16,17)10-7-9(8-15)18-11(10)12/h7,13,15H,3-6,8H2,1-2H3. The topological polar surface area (TPSA) is 82.8 Å². The van der Waals surface area contributed by atoms with Crippen LogP contribution in [0.2, 0.25) is 0 Å². The van der Waals surface area contributed by atoms with Gasteiger partial charge in [-0.2, -0.15) is 0 Å². The molecule has 0 bridgehead atoms. The Morgan fingerprint density at radius 3 is 2.53 bits per heavy atom. The predicted octanol–water partition coefficient (Wildman–Crippen LogP) is 1.15. The molecule has 0 unspecified atom stereocenters. The fraction of sp³-hybridized carbons (Fsp3) is 0.636. The lowest BCUT2D eigenvalue weighted by Gasteiger charge is -2.17. The molecule has 0 aliphatic rings. The quantitative estimate of drug-likeness (QED) is 0.731. The lowest BCUT2D eigenvalue weighted by molar-refractivity contribution is 0.245. The van der Waals surface area contributed by atoms with Crippen LogP contribution in [0.5, 0.6) is 0 Å². The van der Waals surface area contributed by atoms with E-state index in [9.17, 15) is 8.42 Å². The van der Waals surface area contributed by atoms with Gasteiger partial charge in [0.25, 0.3) is 0 Å². The summed E-state index contributed by atoms with van der Waals surface area (Å²) in [6.45, 7) is 6.44. The number of nitrogens with one attached hydrogen (secondary N) is 1. The van der Waals surface area contributed by atoms with Gasteiger partial charge < -0.3 is 14.4 Å². The highest BCUT2D eigenvalue weighted by molar-refractivity contribution is 9.10. The number of sulfonamides is 1. The van der Waals surface area contributed by atoms with Crippen molar-refractivity contribution in [1.82, 2.24) is 9.62 Å². The SMILES string of the molecule is CCN(CC)CCNS(=O)(=O)c1cc(CO)oc1Br. The number of furan rings is 1. The van der Waals surface area contributed by atoms with Gasteiger partial charge in [-0.05, 0) is 29.0 Å². The molecule has 0 radical (unpaired) electrons. The molecule has 0 aliphatic carbocycles. The minimum absolute atomic E-state index is 0.0103. The van der Waals surface area contributed by atoms with E-state index in [0.717, 1.165) is 13.1 Å². The summed E-state index contributed by atoms with van der Waals surface area (Å²) in [6.07, 6.45) is 0. The number of rotatable bonds is 8. The van der Waals surface area contributed by atoms with Gasteiger partial charge in [0.05, 0.1) is 0 Å². The van der Waals surface area contributed by atoms with Crippen molar-refractivity contribution in [2.75, 3.05) is 26.2 Å². The van der Waals surface area contributed by atoms with E-state index in [1.165, 1.54) is 6.07 Å². The number of likely N-dealkylation sites (N-methyl/N-ethyl adjacent to an activating group) is 1. The van der Waals surface area contributed by atoms with Gasteiger partial charge in [-0.25, -0.2) is 13.1 Å². The first-order chi connectivity index (χ1) is 8.94. The zero-order valence-electron chi connectivity index (χ0n) is 11.0. The van der Waals surface area contributed by atoms with Crippen molar-refractivity contribution >= 4 is 26.0 Å². The number of nitrogens with zero attached hydrogens (tertiary/aromatic N) is 1. The maximum atomic E-state index is 12.0. The van der Waals surface area contributed by atoms with Crippen molar-refractivity contribution < 1.29 is 17.9 Å². The van der Waals surface area contributed by atoms with Crippen molar-refractivity contribution in [3.63, 3.8) is 0 Å². The Bertz CT molecular complexity index is 497. The van der Waals surface area contributed by atoms with E-state index < -0.39 is 10.0 Å². The second kappa shape index (κ2) is 7.39. The number of hydrogen-bond donors (Lipinski definition) is 2. The summed E-state index contributed by atoms with van der Waals surface area (Å²) in [4.78, 5) is 2.13. The smallest absolute Gasteiger partial charge is 0.245 e. The molecule has 0 aliphatic heterocycles. The number of halogens is 1. The van der Waals surface area contributed by atoms with Crippen molar-refractivity contribution in [3.8, 4) is 0 Å². The summed E-state index contributed by atoms with van der Waals surface area (Å²) >= 11 is 3.03. The van der Waals surface area contributed by atoms with Gasteiger partial charge in [0.2, 0.25) is 10.0 Å². The molecule has 0 aromatic carbocycles. The number of hydrogen-bond acceptors (Lipinski definition) is 5. The van der Waals surface area contributed by atoms with Gasteiger partial charge in [0.15, 0.2) is 4.67 Å². The van der Waals surface area contributed by atoms with Crippen molar-refractivity contribution in [1.29, 1.82) is 0 Å². The highest BCUT2D eigenvalue weighted by Crippen LogP contribution is 2.25. The first kappa shape index (κ1) is 16.6. The lowest BCUT2D eigenvalue weighted by Crippen LogP contribution is -2.34. The monoisotopic (exact) mass is 354 g/mol. The Morgan fingerprint density at radius 1 is 1.42 bits per heavy atom. The maximum Gasteiger partial charge on any atom is 0.245 e. The molecule has 1 aromatic heterocycles. The van der Waals surface area contributed by atoms with Crippen LogP contribution in [-0.4, -0.2) is 44.6 Å². The fourth-order valence-corrected chi connectivity index (χ4v) is 3.63. The molecular formula is C11H19BrN2O4S. The normalized spacial score (nSPS) is 12.3. The van der Waals surface area contributed by atoms with Crippen LogP contribution in [-0.2, 0) is 16.6 Å². The number of aliphatic hydroxyl groups excluding tert-OH is 1. The minimum Gasteiger partial charge on any atom is -0.450 e. The molecule has 110 valence electrons. The van der Waals surface area contributed by atoms with Crippen molar-refractivity contribution in [2.24, 2.45) is 0 Å². The molecule has 1 rings (SSSR count). The van der Waals surface area contributed by atoms with Crippen LogP contribution < -0.4 is 4.72 Å². The Balaban J connectivity index is 2.68. The Hall–Kier alpha value is -0.410. The zero-order chi connectivity index (χ0) is 14.5. The Kier molecular flexibility index (Phi) is 6.48. The molecule has 6 nitrogen and oxygen atoms in total. The predicted molar refractivity (Wildman–Crippen MR) is 75.3 cm³/mol. The van der Waals surface area contributed by atoms with Gasteiger partial charge in [-0.15, -0.1) is 0 Å². The summed E-state index contributed by atoms with van der Waals surface area (Å²) in [6, 6.07) is 1.31. The first-order valence-electron chi connectivity index (χ1n) is 6.05. The summed E-state index contributed by atoms with van der Waals surface area (Å²) in [5.41, 5.74) is 0. The van der Waals surface area contributed by atoms with Crippen LogP contribution in [0.15, 0.2) is 20.0 Å². The van der Waals surface area contributed by atoms with Crippen LogP contribution in [0.25, 0.3) is 0 Å². The van der Waals surface area contributed by atoms with Crippen molar-refractivity contribution in [3.05, 3.63) is 16.5 Å². The molecule has 0 saturated carbocycles. The Morgan fingerprint density at radius 2 is 2.05 bits per heavy atom. The molecule has 0 amide bonds. The highest BCUT2D eigenvalue weighted by atomic mass is 79.9. The third-order valence-corrected chi connectivity index (χ3v) is 5.08. The lowest BCUT2D eigenvalue weighted by atomic mass is 10.5. The fourth-order valence-electron chi connectivity index (χ4n) is 1.61. The third-order valence-electron chi connectivity index (χ3n) is 2.77. The van der Waals surface area contributed by atoms with E-state index >= 15 is 0 Å². The molecule has 0 saturated heterocycles. The molecule has 0 spiro atoms. The van der Waals surface area contributed by atoms with Crippen LogP contribution >= 0.6 is 15.9 Å². The molecular weight excluding hydrogens is 336 g/mol. The molecule has 0 fully saturated rings. The Labute approximate surface area is 122 Å². The second-order valence-electron chi connectivity index (χ2n) is 3.93. The van der Waals surface area contributed by atoms with Gasteiger partial charge >= 0.3 is 0 Å². The average Bonchev–Trinajstić information content (AvgIpc) is 2.77. The van der Waals surface area contributed by atoms with Gasteiger partial charge in [0, 0.05) is 19.2 Å². The van der Waals surface area contributed by atoms with E-state index in [1.54, 1.807) is 0 Å². The average molecular weight is 355 g/mol. The third kappa shape index (κ3) is 4.57. The molecule has 0 atom stereocenters. The summed E-state index contributed by atoms with van der Waals surface area (Å²) in [5.74, 6) is 0.205. The molecule has 8 heteroatoms. The van der Waals surface area contributed by atoms with Crippen LogP contribution in [0.1, 0.15) is 19.6 Å². The summed E-state index contributed by atoms with van der Waals surface area (Å²) in [5, 5.41) is 8.92. The summed E-state index contributed by atoms with van der Waals surface area (Å²) < 4.78 is 31.8. The molecule has 19 heavy (non-hydrogen) atoms. The van der Waals surface area contributed by atoms with E-state index in [-0.39, 0.29) is 21.9 Å². The van der Waals surface area contributed by atoms with E-state index in [4.69, 9.17) is 9.52 Å². The number of aliphatic hydroxyl groups is 1. The van der Waals surface area contributed by atoms with Crippen LogP contribution in [0, 0.1) is 0 Å². The molecule has 1 aromatic rings. The largest absolute Gasteiger partial charge is 0.450 e. The van der Waals surface area contributed by atoms with Gasteiger partial charge in [-0.3, -0.25) is 0 Å². The zero-order valence-corrected chi connectivity index (χ0v) is 13.4. The van der Waals surface area contributed by atoms with Crippen LogP contribution in [0.3, 0.4) is 0 Å². The van der Waals surface area contributed by atoms with Crippen LogP contribution in [0.4, 0.5) is 0 Å². The van der Waals surface area contributed by atoms with Gasteiger partial charge in [-0.1, -0.05) is 13.8 Å². The minimum atomic E-state index is -3.62. The summed E-state index contributed by atoms with van der Waals surface area (Å²) in [7, 11) is -3.62. The second-order valence-corrected chi connectivity index (χ2v) is 6.39. The highest BCUT2D eigenvalue weighted by Gasteiger charge is 2.22. The van der Waals surface area contributed by atoms with E-state index in [0.29, 0.717) is 13.1 Å². The first-order valence-corrected chi connectivity index (χ1v) is 8.33. The van der Waals surface area contributed by atoms with E-state index in [2.05, 4.69) is 25.6 Å². The van der Waals surface area contributed by atoms with Crippen molar-refractivity contribution in [2.45, 2.75) is 25.3 Å². The maximum absolute atomic E-state index is 12.0. The molecule has 2 N–H and O–H groups in total.